The summed E-state index contributed by atoms with van der Waals surface area (Å²) in [6.45, 7) is 5.17. The second-order valence-corrected chi connectivity index (χ2v) is 8.00. The van der Waals surface area contributed by atoms with Gasteiger partial charge >= 0.3 is 0 Å². The minimum absolute atomic E-state index is 0.284. The highest BCUT2D eigenvalue weighted by Gasteiger charge is 2.32. The van der Waals surface area contributed by atoms with Crippen LogP contribution < -0.4 is 5.73 Å². The second-order valence-electron chi connectivity index (χ2n) is 5.65. The van der Waals surface area contributed by atoms with Crippen molar-refractivity contribution in [3.63, 3.8) is 0 Å². The number of hydrogen-bond acceptors (Lipinski definition) is 3. The lowest BCUT2D eigenvalue weighted by atomic mass is 10.0. The van der Waals surface area contributed by atoms with Gasteiger partial charge in [0.25, 0.3) is 0 Å². The Bertz CT molecular complexity index is 641. The standard InChI is InChI=1S/C15H22N2O2S2/c1-3-4-12-7-8-17(10-12)21(18,19)14-6-5-13(15(16)20)9-11(14)2/h5-6,9,12H,3-4,7-8,10H2,1-2H3,(H2,16,20). The lowest BCUT2D eigenvalue weighted by Crippen LogP contribution is -2.29. The molecule has 2 N–H and O–H groups in total. The quantitative estimate of drug-likeness (QED) is 0.844. The highest BCUT2D eigenvalue weighted by Crippen LogP contribution is 2.28. The Labute approximate surface area is 132 Å². The molecule has 1 heterocycles. The molecule has 0 saturated carbocycles. The molecule has 1 aromatic carbocycles. The van der Waals surface area contributed by atoms with E-state index in [0.717, 1.165) is 19.3 Å². The Balaban J connectivity index is 2.26. The largest absolute Gasteiger partial charge is 0.389 e. The predicted molar refractivity (Wildman–Crippen MR) is 88.8 cm³/mol. The van der Waals surface area contributed by atoms with Crippen molar-refractivity contribution >= 4 is 27.2 Å². The molecule has 2 rings (SSSR count). The molecule has 0 bridgehead atoms. The van der Waals surface area contributed by atoms with Crippen molar-refractivity contribution in [1.82, 2.24) is 4.31 Å². The third-order valence-corrected chi connectivity index (χ3v) is 6.28. The van der Waals surface area contributed by atoms with Gasteiger partial charge in [0.15, 0.2) is 0 Å². The van der Waals surface area contributed by atoms with Crippen LogP contribution in [0.4, 0.5) is 0 Å². The molecule has 1 aromatic rings. The maximum atomic E-state index is 12.7. The van der Waals surface area contributed by atoms with E-state index in [0.29, 0.717) is 35.0 Å². The van der Waals surface area contributed by atoms with E-state index in [2.05, 4.69) is 6.92 Å². The van der Waals surface area contributed by atoms with Gasteiger partial charge in [0.1, 0.15) is 4.99 Å². The molecular weight excluding hydrogens is 304 g/mol. The van der Waals surface area contributed by atoms with Crippen molar-refractivity contribution in [3.8, 4) is 0 Å². The van der Waals surface area contributed by atoms with E-state index >= 15 is 0 Å². The predicted octanol–water partition coefficient (Wildman–Crippen LogP) is 2.44. The van der Waals surface area contributed by atoms with Crippen molar-refractivity contribution in [2.24, 2.45) is 11.7 Å². The molecule has 21 heavy (non-hydrogen) atoms. The molecule has 1 aliphatic heterocycles. The Morgan fingerprint density at radius 2 is 2.19 bits per heavy atom. The van der Waals surface area contributed by atoms with Crippen molar-refractivity contribution in [2.45, 2.75) is 38.0 Å². The monoisotopic (exact) mass is 326 g/mol. The summed E-state index contributed by atoms with van der Waals surface area (Å²) in [5, 5.41) is 0. The first kappa shape index (κ1) is 16.4. The van der Waals surface area contributed by atoms with E-state index in [1.54, 1.807) is 29.4 Å². The summed E-state index contributed by atoms with van der Waals surface area (Å²) >= 11 is 4.93. The van der Waals surface area contributed by atoms with Gasteiger partial charge in [-0.15, -0.1) is 0 Å². The van der Waals surface area contributed by atoms with Crippen molar-refractivity contribution in [3.05, 3.63) is 29.3 Å². The van der Waals surface area contributed by atoms with E-state index < -0.39 is 10.0 Å². The molecule has 0 aliphatic carbocycles. The van der Waals surface area contributed by atoms with E-state index in [4.69, 9.17) is 18.0 Å². The van der Waals surface area contributed by atoms with Crippen LogP contribution in [-0.4, -0.2) is 30.8 Å². The van der Waals surface area contributed by atoms with Gasteiger partial charge in [-0.1, -0.05) is 31.6 Å². The summed E-state index contributed by atoms with van der Waals surface area (Å²) in [5.74, 6) is 0.487. The Kier molecular flexibility index (Phi) is 5.01. The number of hydrogen-bond donors (Lipinski definition) is 1. The number of rotatable bonds is 5. The number of nitrogens with zero attached hydrogens (tertiary/aromatic N) is 1. The van der Waals surface area contributed by atoms with Gasteiger partial charge in [-0.2, -0.15) is 4.31 Å². The number of sulfonamides is 1. The molecule has 1 atom stereocenters. The van der Waals surface area contributed by atoms with Crippen LogP contribution in [0.15, 0.2) is 23.1 Å². The van der Waals surface area contributed by atoms with Gasteiger partial charge in [-0.25, -0.2) is 8.42 Å². The van der Waals surface area contributed by atoms with Crippen LogP contribution in [0, 0.1) is 12.8 Å². The first-order valence-corrected chi connectivity index (χ1v) is 9.11. The molecule has 116 valence electrons. The van der Waals surface area contributed by atoms with Crippen LogP contribution in [0.25, 0.3) is 0 Å². The van der Waals surface area contributed by atoms with Crippen LogP contribution in [0.5, 0.6) is 0 Å². The molecule has 0 radical (unpaired) electrons. The second kappa shape index (κ2) is 6.42. The normalized spacial score (nSPS) is 19.8. The molecular formula is C15H22N2O2S2. The summed E-state index contributed by atoms with van der Waals surface area (Å²) in [5.41, 5.74) is 6.98. The van der Waals surface area contributed by atoms with Gasteiger partial charge in [0.2, 0.25) is 10.0 Å². The molecule has 1 unspecified atom stereocenters. The minimum Gasteiger partial charge on any atom is -0.389 e. The summed E-state index contributed by atoms with van der Waals surface area (Å²) < 4.78 is 27.1. The highest BCUT2D eigenvalue weighted by atomic mass is 32.2. The van der Waals surface area contributed by atoms with Crippen LogP contribution >= 0.6 is 12.2 Å². The molecule has 6 heteroatoms. The number of benzene rings is 1. The van der Waals surface area contributed by atoms with Crippen LogP contribution in [0.2, 0.25) is 0 Å². The molecule has 0 amide bonds. The van der Waals surface area contributed by atoms with Crippen LogP contribution in [0.3, 0.4) is 0 Å². The number of nitrogens with two attached hydrogens (primary N) is 1. The topological polar surface area (TPSA) is 63.4 Å². The fourth-order valence-electron chi connectivity index (χ4n) is 2.89. The number of aryl methyl sites for hydroxylation is 1. The molecule has 0 spiro atoms. The summed E-state index contributed by atoms with van der Waals surface area (Å²) in [6.07, 6.45) is 3.14. The van der Waals surface area contributed by atoms with E-state index in [1.165, 1.54) is 0 Å². The van der Waals surface area contributed by atoms with Gasteiger partial charge in [-0.3, -0.25) is 0 Å². The average molecular weight is 326 g/mol. The fraction of sp³-hybridized carbons (Fsp3) is 0.533. The van der Waals surface area contributed by atoms with Crippen molar-refractivity contribution in [1.29, 1.82) is 0 Å². The maximum absolute atomic E-state index is 12.7. The SMILES string of the molecule is CCCC1CCN(S(=O)(=O)c2ccc(C(N)=S)cc2C)C1. The van der Waals surface area contributed by atoms with E-state index in [-0.39, 0.29) is 4.99 Å². The molecule has 4 nitrogen and oxygen atoms in total. The van der Waals surface area contributed by atoms with Gasteiger partial charge in [0, 0.05) is 18.7 Å². The maximum Gasteiger partial charge on any atom is 0.243 e. The zero-order valence-electron chi connectivity index (χ0n) is 12.5. The lowest BCUT2D eigenvalue weighted by Gasteiger charge is -2.18. The Hall–Kier alpha value is -0.980. The lowest BCUT2D eigenvalue weighted by molar-refractivity contribution is 0.444. The van der Waals surface area contributed by atoms with Crippen LogP contribution in [-0.2, 0) is 10.0 Å². The molecule has 1 aliphatic rings. The van der Waals surface area contributed by atoms with E-state index in [1.807, 2.05) is 0 Å². The zero-order chi connectivity index (χ0) is 15.6. The number of thiocarbonyl (C=S) groups is 1. The molecule has 1 fully saturated rings. The minimum atomic E-state index is -3.41. The summed E-state index contributed by atoms with van der Waals surface area (Å²) in [4.78, 5) is 0.644. The van der Waals surface area contributed by atoms with E-state index in [9.17, 15) is 8.42 Å². The van der Waals surface area contributed by atoms with Crippen LogP contribution in [0.1, 0.15) is 37.3 Å². The van der Waals surface area contributed by atoms with Crippen molar-refractivity contribution < 1.29 is 8.42 Å². The molecule has 1 saturated heterocycles. The Morgan fingerprint density at radius 3 is 2.76 bits per heavy atom. The van der Waals surface area contributed by atoms with Gasteiger partial charge in [-0.05, 0) is 43.4 Å². The first-order chi connectivity index (χ1) is 9.86. The van der Waals surface area contributed by atoms with Gasteiger partial charge < -0.3 is 5.73 Å². The summed E-state index contributed by atoms with van der Waals surface area (Å²) in [7, 11) is -3.41. The third-order valence-electron chi connectivity index (χ3n) is 4.02. The average Bonchev–Trinajstić information content (AvgIpc) is 2.88. The fourth-order valence-corrected chi connectivity index (χ4v) is 4.75. The third kappa shape index (κ3) is 3.44. The van der Waals surface area contributed by atoms with Gasteiger partial charge in [0.05, 0.1) is 4.90 Å². The first-order valence-electron chi connectivity index (χ1n) is 7.27. The smallest absolute Gasteiger partial charge is 0.243 e. The van der Waals surface area contributed by atoms with Crippen molar-refractivity contribution in [2.75, 3.05) is 13.1 Å². The molecule has 0 aromatic heterocycles. The zero-order valence-corrected chi connectivity index (χ0v) is 14.1. The highest BCUT2D eigenvalue weighted by molar-refractivity contribution is 7.89. The Morgan fingerprint density at radius 1 is 1.48 bits per heavy atom. The summed E-state index contributed by atoms with van der Waals surface area (Å²) in [6, 6.07) is 5.04.